The van der Waals surface area contributed by atoms with Gasteiger partial charge in [-0.3, -0.25) is 0 Å². The molecule has 2 aromatic rings. The number of carbonyl (C=O) groups is 2. The molecule has 0 spiro atoms. The third-order valence-electron chi connectivity index (χ3n) is 4.44. The van der Waals surface area contributed by atoms with Gasteiger partial charge < -0.3 is 14.2 Å². The van der Waals surface area contributed by atoms with E-state index in [0.29, 0.717) is 24.4 Å². The number of nitrogens with zero attached hydrogens (tertiary/aromatic N) is 1. The lowest BCUT2D eigenvalue weighted by Gasteiger charge is -2.18. The normalized spacial score (nSPS) is 11.5. The number of methoxy groups -OCH3 is 2. The van der Waals surface area contributed by atoms with Gasteiger partial charge >= 0.3 is 11.9 Å². The van der Waals surface area contributed by atoms with Crippen molar-refractivity contribution in [3.05, 3.63) is 59.7 Å². The summed E-state index contributed by atoms with van der Waals surface area (Å²) in [6.07, 6.45) is 2.79. The van der Waals surface area contributed by atoms with Crippen LogP contribution < -0.4 is 9.47 Å². The number of ether oxygens (including phenoxy) is 3. The van der Waals surface area contributed by atoms with Crippen molar-refractivity contribution in [3.63, 3.8) is 0 Å². The lowest BCUT2D eigenvalue weighted by atomic mass is 10.2. The molecule has 9 heteroatoms. The first-order valence-corrected chi connectivity index (χ1v) is 11.0. The molecule has 2 aromatic carbocycles. The molecule has 0 saturated carbocycles. The maximum absolute atomic E-state index is 12.6. The van der Waals surface area contributed by atoms with Crippen LogP contribution in [0.25, 0.3) is 6.08 Å². The van der Waals surface area contributed by atoms with Crippen LogP contribution in [0.5, 0.6) is 11.5 Å². The zero-order chi connectivity index (χ0) is 23.0. The molecule has 8 nitrogen and oxygen atoms in total. The van der Waals surface area contributed by atoms with E-state index in [1.807, 2.05) is 0 Å². The van der Waals surface area contributed by atoms with E-state index in [-0.39, 0.29) is 16.2 Å². The molecule has 2 rings (SSSR count). The summed E-state index contributed by atoms with van der Waals surface area (Å²) in [5.74, 6) is -0.687. The van der Waals surface area contributed by atoms with Crippen molar-refractivity contribution in [2.45, 2.75) is 18.7 Å². The Balaban J connectivity index is 2.20. The van der Waals surface area contributed by atoms with Gasteiger partial charge in [0, 0.05) is 19.2 Å². The standard InChI is InChI=1S/C22H25NO7S/c1-5-23(6-2)31(26,27)18-11-9-17(10-12-18)22(25)30-19-13-7-16(15-20(19)28-3)8-14-21(24)29-4/h7-15H,5-6H2,1-4H3/b14-8+. The number of hydrogen-bond acceptors (Lipinski definition) is 7. The van der Waals surface area contributed by atoms with E-state index in [9.17, 15) is 18.0 Å². The molecule has 0 bridgehead atoms. The predicted molar refractivity (Wildman–Crippen MR) is 116 cm³/mol. The molecule has 0 aromatic heterocycles. The molecule has 0 amide bonds. The van der Waals surface area contributed by atoms with Gasteiger partial charge in [0.2, 0.25) is 10.0 Å². The third-order valence-corrected chi connectivity index (χ3v) is 6.50. The molecule has 0 aliphatic rings. The Kier molecular flexibility index (Phi) is 8.35. The summed E-state index contributed by atoms with van der Waals surface area (Å²) in [4.78, 5) is 23.8. The maximum atomic E-state index is 12.6. The van der Waals surface area contributed by atoms with Crippen molar-refractivity contribution < 1.29 is 32.2 Å². The van der Waals surface area contributed by atoms with Gasteiger partial charge in [0.25, 0.3) is 0 Å². The summed E-state index contributed by atoms with van der Waals surface area (Å²) >= 11 is 0. The van der Waals surface area contributed by atoms with Crippen molar-refractivity contribution in [2.75, 3.05) is 27.3 Å². The van der Waals surface area contributed by atoms with Gasteiger partial charge in [-0.25, -0.2) is 18.0 Å². The highest BCUT2D eigenvalue weighted by molar-refractivity contribution is 7.89. The van der Waals surface area contributed by atoms with E-state index < -0.39 is 22.0 Å². The fourth-order valence-corrected chi connectivity index (χ4v) is 4.20. The van der Waals surface area contributed by atoms with Crippen molar-refractivity contribution in [1.29, 1.82) is 0 Å². The summed E-state index contributed by atoms with van der Waals surface area (Å²) in [6.45, 7) is 4.23. The van der Waals surface area contributed by atoms with Gasteiger partial charge in [0.1, 0.15) is 0 Å². The average molecular weight is 448 g/mol. The fourth-order valence-electron chi connectivity index (χ4n) is 2.74. The zero-order valence-corrected chi connectivity index (χ0v) is 18.6. The van der Waals surface area contributed by atoms with Crippen LogP contribution in [0.2, 0.25) is 0 Å². The van der Waals surface area contributed by atoms with Gasteiger partial charge in [-0.15, -0.1) is 0 Å². The van der Waals surface area contributed by atoms with Crippen LogP contribution >= 0.6 is 0 Å². The molecule has 0 fully saturated rings. The highest BCUT2D eigenvalue weighted by Gasteiger charge is 2.22. The molecule has 0 saturated heterocycles. The van der Waals surface area contributed by atoms with Crippen LogP contribution in [-0.4, -0.2) is 52.0 Å². The van der Waals surface area contributed by atoms with E-state index in [4.69, 9.17) is 9.47 Å². The minimum atomic E-state index is -3.61. The second-order valence-electron chi connectivity index (χ2n) is 6.27. The fraction of sp³-hybridized carbons (Fsp3) is 0.273. The monoisotopic (exact) mass is 447 g/mol. The van der Waals surface area contributed by atoms with Crippen LogP contribution in [0.4, 0.5) is 0 Å². The average Bonchev–Trinajstić information content (AvgIpc) is 2.78. The Bertz CT molecular complexity index is 1060. The van der Waals surface area contributed by atoms with Crippen LogP contribution in [0.1, 0.15) is 29.8 Å². The Morgan fingerprint density at radius 1 is 0.968 bits per heavy atom. The largest absolute Gasteiger partial charge is 0.493 e. The Morgan fingerprint density at radius 3 is 2.16 bits per heavy atom. The summed E-state index contributed by atoms with van der Waals surface area (Å²) in [5, 5.41) is 0. The highest BCUT2D eigenvalue weighted by Crippen LogP contribution is 2.29. The maximum Gasteiger partial charge on any atom is 0.343 e. The Hall–Kier alpha value is -3.17. The molecule has 166 valence electrons. The number of hydrogen-bond donors (Lipinski definition) is 0. The number of sulfonamides is 1. The van der Waals surface area contributed by atoms with E-state index in [1.165, 1.54) is 61.0 Å². The topological polar surface area (TPSA) is 99.2 Å². The SMILES string of the molecule is CCN(CC)S(=O)(=O)c1ccc(C(=O)Oc2ccc(/C=C/C(=O)OC)cc2OC)cc1. The molecule has 0 N–H and O–H groups in total. The molecular weight excluding hydrogens is 422 g/mol. The van der Waals surface area contributed by atoms with Crippen molar-refractivity contribution in [3.8, 4) is 11.5 Å². The van der Waals surface area contributed by atoms with Gasteiger partial charge in [0.15, 0.2) is 11.5 Å². The Morgan fingerprint density at radius 2 is 1.61 bits per heavy atom. The lowest BCUT2D eigenvalue weighted by molar-refractivity contribution is -0.134. The summed E-state index contributed by atoms with van der Waals surface area (Å²) < 4.78 is 41.6. The first-order chi connectivity index (χ1) is 14.8. The van der Waals surface area contributed by atoms with Gasteiger partial charge in [-0.05, 0) is 48.0 Å². The van der Waals surface area contributed by atoms with Crippen LogP contribution in [0.3, 0.4) is 0 Å². The highest BCUT2D eigenvalue weighted by atomic mass is 32.2. The zero-order valence-electron chi connectivity index (χ0n) is 17.8. The van der Waals surface area contributed by atoms with E-state index in [0.717, 1.165) is 0 Å². The number of carbonyl (C=O) groups excluding carboxylic acids is 2. The molecule has 0 radical (unpaired) electrons. The number of benzene rings is 2. The van der Waals surface area contributed by atoms with Crippen LogP contribution in [0, 0.1) is 0 Å². The smallest absolute Gasteiger partial charge is 0.343 e. The molecule has 0 aliphatic carbocycles. The minimum absolute atomic E-state index is 0.104. The molecule has 0 unspecified atom stereocenters. The minimum Gasteiger partial charge on any atom is -0.493 e. The van der Waals surface area contributed by atoms with Crippen LogP contribution in [0.15, 0.2) is 53.4 Å². The van der Waals surface area contributed by atoms with Gasteiger partial charge in [-0.1, -0.05) is 19.9 Å². The van der Waals surface area contributed by atoms with E-state index in [1.54, 1.807) is 26.0 Å². The molecule has 0 heterocycles. The van der Waals surface area contributed by atoms with E-state index >= 15 is 0 Å². The molecule has 31 heavy (non-hydrogen) atoms. The van der Waals surface area contributed by atoms with Crippen LogP contribution in [-0.2, 0) is 19.6 Å². The second kappa shape index (κ2) is 10.7. The van der Waals surface area contributed by atoms with Crippen molar-refractivity contribution in [1.82, 2.24) is 4.31 Å². The summed E-state index contributed by atoms with van der Waals surface area (Å²) in [6, 6.07) is 10.3. The first kappa shape index (κ1) is 24.1. The predicted octanol–water partition coefficient (Wildman–Crippen LogP) is 3.13. The third kappa shape index (κ3) is 5.93. The lowest BCUT2D eigenvalue weighted by Crippen LogP contribution is -2.30. The summed E-state index contributed by atoms with van der Waals surface area (Å²) in [5.41, 5.74) is 0.836. The molecule has 0 atom stereocenters. The van der Waals surface area contributed by atoms with Crippen molar-refractivity contribution in [2.24, 2.45) is 0 Å². The number of rotatable bonds is 9. The van der Waals surface area contributed by atoms with Gasteiger partial charge in [-0.2, -0.15) is 4.31 Å². The molecular formula is C22H25NO7S. The van der Waals surface area contributed by atoms with E-state index in [2.05, 4.69) is 4.74 Å². The van der Waals surface area contributed by atoms with Gasteiger partial charge in [0.05, 0.1) is 24.7 Å². The quantitative estimate of drug-likeness (QED) is 0.331. The number of esters is 2. The Labute approximate surface area is 182 Å². The summed E-state index contributed by atoms with van der Waals surface area (Å²) in [7, 11) is -0.907. The second-order valence-corrected chi connectivity index (χ2v) is 8.21. The van der Waals surface area contributed by atoms with Crippen molar-refractivity contribution >= 4 is 28.0 Å². The molecule has 0 aliphatic heterocycles. The first-order valence-electron chi connectivity index (χ1n) is 9.53.